The van der Waals surface area contributed by atoms with Gasteiger partial charge in [0.2, 0.25) is 0 Å². The molecule has 1 nitrogen and oxygen atoms in total. The van der Waals surface area contributed by atoms with Gasteiger partial charge in [-0.15, -0.1) is 0 Å². The number of ether oxygens (including phenoxy) is 1. The van der Waals surface area contributed by atoms with Gasteiger partial charge in [-0.25, -0.2) is 0 Å². The van der Waals surface area contributed by atoms with Gasteiger partial charge in [-0.2, -0.15) is 0 Å². The maximum Gasteiger partial charge on any atom is 0.129 e. The molecule has 2 rings (SSSR count). The summed E-state index contributed by atoms with van der Waals surface area (Å²) in [5, 5.41) is 1.20. The second-order valence-corrected chi connectivity index (χ2v) is 4.56. The third-order valence-corrected chi connectivity index (χ3v) is 3.40. The van der Waals surface area contributed by atoms with Crippen LogP contribution in [0.2, 0.25) is 15.1 Å². The number of hydrogen-bond acceptors (Lipinski definition) is 1. The van der Waals surface area contributed by atoms with E-state index in [0.29, 0.717) is 20.8 Å². The van der Waals surface area contributed by atoms with E-state index in [4.69, 9.17) is 39.5 Å². The standard InChI is InChI=1S/C11H9Cl3O/c12-9-5-8(6-10(13)11(9)14)15-7-3-1-2-4-7/h3,5-6H,1-2,4H2. The van der Waals surface area contributed by atoms with Crippen LogP contribution in [0.5, 0.6) is 5.75 Å². The summed E-state index contributed by atoms with van der Waals surface area (Å²) in [6, 6.07) is 3.35. The van der Waals surface area contributed by atoms with Crippen molar-refractivity contribution in [2.45, 2.75) is 19.3 Å². The van der Waals surface area contributed by atoms with Gasteiger partial charge in [0, 0.05) is 18.6 Å². The summed E-state index contributed by atoms with van der Waals surface area (Å²) in [7, 11) is 0. The second kappa shape index (κ2) is 4.65. The molecule has 80 valence electrons. The first-order valence-corrected chi connectivity index (χ1v) is 5.81. The molecule has 0 aliphatic heterocycles. The van der Waals surface area contributed by atoms with Crippen LogP contribution in [0.25, 0.3) is 0 Å². The summed E-state index contributed by atoms with van der Waals surface area (Å²) >= 11 is 17.6. The van der Waals surface area contributed by atoms with Crippen LogP contribution in [-0.4, -0.2) is 0 Å². The first-order valence-electron chi connectivity index (χ1n) is 4.68. The molecule has 0 spiro atoms. The van der Waals surface area contributed by atoms with Gasteiger partial charge < -0.3 is 4.74 Å². The normalized spacial score (nSPS) is 15.3. The van der Waals surface area contributed by atoms with E-state index in [1.54, 1.807) is 12.1 Å². The van der Waals surface area contributed by atoms with Crippen molar-refractivity contribution in [3.05, 3.63) is 39.0 Å². The fourth-order valence-electron chi connectivity index (χ4n) is 1.48. The second-order valence-electron chi connectivity index (χ2n) is 3.37. The summed E-state index contributed by atoms with van der Waals surface area (Å²) in [5.41, 5.74) is 0. The topological polar surface area (TPSA) is 9.23 Å². The third-order valence-electron chi connectivity index (χ3n) is 2.21. The average Bonchev–Trinajstić information content (AvgIpc) is 2.66. The first kappa shape index (κ1) is 11.1. The molecule has 0 amide bonds. The minimum absolute atomic E-state index is 0.367. The van der Waals surface area contributed by atoms with E-state index in [1.165, 1.54) is 0 Å². The summed E-state index contributed by atoms with van der Waals surface area (Å²) in [6.07, 6.45) is 5.27. The molecule has 1 aliphatic rings. The lowest BCUT2D eigenvalue weighted by Gasteiger charge is -2.08. The molecule has 0 heterocycles. The van der Waals surface area contributed by atoms with Gasteiger partial charge in [0.15, 0.2) is 0 Å². The van der Waals surface area contributed by atoms with Gasteiger partial charge in [0.25, 0.3) is 0 Å². The van der Waals surface area contributed by atoms with Crippen molar-refractivity contribution in [1.82, 2.24) is 0 Å². The van der Waals surface area contributed by atoms with E-state index in [2.05, 4.69) is 6.08 Å². The van der Waals surface area contributed by atoms with Crippen LogP contribution in [0.1, 0.15) is 19.3 Å². The molecule has 0 atom stereocenters. The molecule has 0 saturated heterocycles. The average molecular weight is 264 g/mol. The Morgan fingerprint density at radius 1 is 1.07 bits per heavy atom. The lowest BCUT2D eigenvalue weighted by Crippen LogP contribution is -1.91. The van der Waals surface area contributed by atoms with Crippen LogP contribution >= 0.6 is 34.8 Å². The van der Waals surface area contributed by atoms with E-state index in [9.17, 15) is 0 Å². The van der Waals surface area contributed by atoms with Crippen molar-refractivity contribution in [2.75, 3.05) is 0 Å². The fourth-order valence-corrected chi connectivity index (χ4v) is 2.05. The predicted molar refractivity (Wildman–Crippen MR) is 64.0 cm³/mol. The Bertz CT molecular complexity index is 389. The van der Waals surface area contributed by atoms with Gasteiger partial charge in [-0.1, -0.05) is 34.8 Å². The largest absolute Gasteiger partial charge is 0.462 e. The first-order chi connectivity index (χ1) is 7.16. The monoisotopic (exact) mass is 262 g/mol. The molecule has 0 fully saturated rings. The zero-order valence-corrected chi connectivity index (χ0v) is 10.2. The summed E-state index contributed by atoms with van der Waals surface area (Å²) < 4.78 is 5.63. The molecule has 0 N–H and O–H groups in total. The smallest absolute Gasteiger partial charge is 0.129 e. The van der Waals surface area contributed by atoms with Gasteiger partial charge in [0.1, 0.15) is 11.5 Å². The summed E-state index contributed by atoms with van der Waals surface area (Å²) in [6.45, 7) is 0. The predicted octanol–water partition coefficient (Wildman–Crippen LogP) is 5.09. The zero-order valence-electron chi connectivity index (χ0n) is 7.90. The van der Waals surface area contributed by atoms with Crippen LogP contribution in [0, 0.1) is 0 Å². The molecular weight excluding hydrogens is 254 g/mol. The summed E-state index contributed by atoms with van der Waals surface area (Å²) in [4.78, 5) is 0. The number of benzene rings is 1. The molecule has 0 unspecified atom stereocenters. The van der Waals surface area contributed by atoms with Crippen LogP contribution in [0.3, 0.4) is 0 Å². The Kier molecular flexibility index (Phi) is 3.45. The number of hydrogen-bond donors (Lipinski definition) is 0. The minimum atomic E-state index is 0.367. The number of allylic oxidation sites excluding steroid dienone is 2. The molecular formula is C11H9Cl3O. The van der Waals surface area contributed by atoms with E-state index in [-0.39, 0.29) is 0 Å². The highest BCUT2D eigenvalue weighted by molar-refractivity contribution is 6.48. The van der Waals surface area contributed by atoms with Crippen LogP contribution in [0.4, 0.5) is 0 Å². The molecule has 0 saturated carbocycles. The highest BCUT2D eigenvalue weighted by Crippen LogP contribution is 2.35. The molecule has 1 aromatic carbocycles. The van der Waals surface area contributed by atoms with Crippen molar-refractivity contribution >= 4 is 34.8 Å². The Morgan fingerprint density at radius 3 is 2.27 bits per heavy atom. The van der Waals surface area contributed by atoms with Gasteiger partial charge in [-0.05, 0) is 18.9 Å². The van der Waals surface area contributed by atoms with Crippen molar-refractivity contribution in [2.24, 2.45) is 0 Å². The Hall–Kier alpha value is -0.370. The lowest BCUT2D eigenvalue weighted by atomic mass is 10.3. The van der Waals surface area contributed by atoms with E-state index in [1.807, 2.05) is 0 Å². The number of rotatable bonds is 2. The molecule has 0 bridgehead atoms. The highest BCUT2D eigenvalue weighted by atomic mass is 35.5. The van der Waals surface area contributed by atoms with Crippen LogP contribution in [-0.2, 0) is 0 Å². The molecule has 0 radical (unpaired) electrons. The van der Waals surface area contributed by atoms with Crippen molar-refractivity contribution in [1.29, 1.82) is 0 Å². The molecule has 0 aromatic heterocycles. The van der Waals surface area contributed by atoms with E-state index >= 15 is 0 Å². The Balaban J connectivity index is 2.22. The highest BCUT2D eigenvalue weighted by Gasteiger charge is 2.10. The summed E-state index contributed by atoms with van der Waals surface area (Å²) in [5.74, 6) is 1.62. The molecule has 15 heavy (non-hydrogen) atoms. The quantitative estimate of drug-likeness (QED) is 0.675. The third kappa shape index (κ3) is 2.60. The minimum Gasteiger partial charge on any atom is -0.462 e. The van der Waals surface area contributed by atoms with Crippen molar-refractivity contribution in [3.63, 3.8) is 0 Å². The SMILES string of the molecule is Clc1cc(OC2=CCCC2)cc(Cl)c1Cl. The molecule has 1 aromatic rings. The van der Waals surface area contributed by atoms with Gasteiger partial charge in [-0.3, -0.25) is 0 Å². The van der Waals surface area contributed by atoms with Crippen molar-refractivity contribution < 1.29 is 4.74 Å². The fraction of sp³-hybridized carbons (Fsp3) is 0.273. The Morgan fingerprint density at radius 2 is 1.73 bits per heavy atom. The number of halogens is 3. The maximum atomic E-state index is 5.89. The van der Waals surface area contributed by atoms with E-state index < -0.39 is 0 Å². The van der Waals surface area contributed by atoms with Crippen LogP contribution in [0.15, 0.2) is 24.0 Å². The van der Waals surface area contributed by atoms with Crippen molar-refractivity contribution in [3.8, 4) is 5.75 Å². The zero-order chi connectivity index (χ0) is 10.8. The molecule has 1 aliphatic carbocycles. The Labute approximate surface area is 104 Å². The van der Waals surface area contributed by atoms with Gasteiger partial charge in [0.05, 0.1) is 15.1 Å². The maximum absolute atomic E-state index is 5.89. The lowest BCUT2D eigenvalue weighted by molar-refractivity contribution is 0.412. The van der Waals surface area contributed by atoms with Gasteiger partial charge >= 0.3 is 0 Å². The molecule has 4 heteroatoms. The van der Waals surface area contributed by atoms with Crippen LogP contribution < -0.4 is 4.74 Å². The van der Waals surface area contributed by atoms with E-state index in [0.717, 1.165) is 25.0 Å².